The molecule has 0 spiro atoms. The maximum absolute atomic E-state index is 11.8. The van der Waals surface area contributed by atoms with Crippen molar-refractivity contribution >= 4 is 34.4 Å². The van der Waals surface area contributed by atoms with Crippen LogP contribution in [0.25, 0.3) is 11.0 Å². The van der Waals surface area contributed by atoms with Gasteiger partial charge >= 0.3 is 5.97 Å². The van der Waals surface area contributed by atoms with Gasteiger partial charge in [0.05, 0.1) is 0 Å². The summed E-state index contributed by atoms with van der Waals surface area (Å²) in [4.78, 5) is 34.1. The number of carboxylic acid groups (broad SMARTS) is 1. The van der Waals surface area contributed by atoms with E-state index in [1.54, 1.807) is 18.2 Å². The number of hydrogen-bond donors (Lipinski definition) is 3. The van der Waals surface area contributed by atoms with Gasteiger partial charge in [0.1, 0.15) is 5.58 Å². The van der Waals surface area contributed by atoms with Crippen molar-refractivity contribution in [3.05, 3.63) is 30.0 Å². The molecule has 23 heavy (non-hydrogen) atoms. The first kappa shape index (κ1) is 16.5. The van der Waals surface area contributed by atoms with Gasteiger partial charge in [-0.2, -0.15) is 0 Å². The summed E-state index contributed by atoms with van der Waals surface area (Å²) in [6, 6.07) is 6.23. The molecule has 122 valence electrons. The first-order chi connectivity index (χ1) is 11.0. The monoisotopic (exact) mass is 318 g/mol. The van der Waals surface area contributed by atoms with Crippen molar-refractivity contribution in [2.24, 2.45) is 0 Å². The van der Waals surface area contributed by atoms with Gasteiger partial charge in [-0.25, -0.2) is 4.79 Å². The number of carboxylic acids is 1. The van der Waals surface area contributed by atoms with E-state index < -0.39 is 5.97 Å². The van der Waals surface area contributed by atoms with Crippen LogP contribution in [0, 0.1) is 0 Å². The molecular weight excluding hydrogens is 300 g/mol. The molecule has 0 saturated carbocycles. The lowest BCUT2D eigenvalue weighted by atomic mass is 10.2. The van der Waals surface area contributed by atoms with Gasteiger partial charge < -0.3 is 20.2 Å². The van der Waals surface area contributed by atoms with Crippen LogP contribution in [-0.4, -0.2) is 29.4 Å². The largest absolute Gasteiger partial charge is 0.475 e. The van der Waals surface area contributed by atoms with Crippen molar-refractivity contribution in [3.8, 4) is 0 Å². The maximum Gasteiger partial charge on any atom is 0.371 e. The van der Waals surface area contributed by atoms with Crippen LogP contribution in [0.2, 0.25) is 0 Å². The number of nitrogens with one attached hydrogen (secondary N) is 2. The third kappa shape index (κ3) is 4.57. The van der Waals surface area contributed by atoms with Crippen molar-refractivity contribution in [3.63, 3.8) is 0 Å². The smallest absolute Gasteiger partial charge is 0.371 e. The summed E-state index contributed by atoms with van der Waals surface area (Å²) >= 11 is 0. The Morgan fingerprint density at radius 3 is 2.57 bits per heavy atom. The minimum atomic E-state index is -1.15. The molecule has 0 unspecified atom stereocenters. The highest BCUT2D eigenvalue weighted by atomic mass is 16.4. The fourth-order valence-corrected chi connectivity index (χ4v) is 2.03. The number of hydrogen-bond acceptors (Lipinski definition) is 4. The molecule has 0 bridgehead atoms. The highest BCUT2D eigenvalue weighted by Crippen LogP contribution is 2.23. The van der Waals surface area contributed by atoms with Gasteiger partial charge in [0.2, 0.25) is 17.6 Å². The molecule has 3 N–H and O–H groups in total. The minimum Gasteiger partial charge on any atom is -0.475 e. The Morgan fingerprint density at radius 1 is 1.13 bits per heavy atom. The summed E-state index contributed by atoms with van der Waals surface area (Å²) in [5.41, 5.74) is 0.952. The molecule has 0 saturated heterocycles. The van der Waals surface area contributed by atoms with Crippen LogP contribution in [0.5, 0.6) is 0 Å². The number of rotatable bonds is 7. The highest BCUT2D eigenvalue weighted by Gasteiger charge is 2.12. The summed E-state index contributed by atoms with van der Waals surface area (Å²) in [6.45, 7) is 2.55. The van der Waals surface area contributed by atoms with Gasteiger partial charge in [0.25, 0.3) is 0 Å². The van der Waals surface area contributed by atoms with Crippen molar-refractivity contribution in [1.29, 1.82) is 0 Å². The first-order valence-corrected chi connectivity index (χ1v) is 7.33. The third-order valence-electron chi connectivity index (χ3n) is 3.16. The fraction of sp³-hybridized carbons (Fsp3) is 0.312. The number of aromatic carboxylic acids is 1. The second kappa shape index (κ2) is 7.44. The second-order valence-electron chi connectivity index (χ2n) is 5.07. The zero-order chi connectivity index (χ0) is 16.8. The topological polar surface area (TPSA) is 109 Å². The zero-order valence-corrected chi connectivity index (χ0v) is 12.7. The van der Waals surface area contributed by atoms with Crippen LogP contribution in [0.15, 0.2) is 28.7 Å². The normalized spacial score (nSPS) is 10.5. The van der Waals surface area contributed by atoms with E-state index in [9.17, 15) is 14.4 Å². The van der Waals surface area contributed by atoms with Crippen LogP contribution >= 0.6 is 0 Å². The van der Waals surface area contributed by atoms with Gasteiger partial charge in [-0.05, 0) is 30.7 Å². The fourth-order valence-electron chi connectivity index (χ4n) is 2.03. The van der Waals surface area contributed by atoms with E-state index in [0.29, 0.717) is 23.2 Å². The molecule has 1 aromatic heterocycles. The number of carbonyl (C=O) groups excluding carboxylic acids is 2. The SMILES string of the molecule is CCCNC(=O)CCC(=O)Nc1ccc2oc(C(=O)O)cc2c1. The third-order valence-corrected chi connectivity index (χ3v) is 3.16. The molecule has 0 fully saturated rings. The standard InChI is InChI=1S/C16H18N2O5/c1-2-7-17-14(19)5-6-15(20)18-11-3-4-12-10(8-11)9-13(23-12)16(21)22/h3-4,8-9H,2,5-7H2,1H3,(H,17,19)(H,18,20)(H,21,22). The summed E-state index contributed by atoms with van der Waals surface area (Å²) in [5, 5.41) is 14.8. The molecule has 0 aliphatic carbocycles. The number of amides is 2. The van der Waals surface area contributed by atoms with E-state index >= 15 is 0 Å². The number of furan rings is 1. The quantitative estimate of drug-likeness (QED) is 0.726. The van der Waals surface area contributed by atoms with Crippen molar-refractivity contribution in [1.82, 2.24) is 5.32 Å². The lowest BCUT2D eigenvalue weighted by Crippen LogP contribution is -2.25. The maximum atomic E-state index is 11.8. The number of carbonyl (C=O) groups is 3. The predicted molar refractivity (Wildman–Crippen MR) is 84.3 cm³/mol. The van der Waals surface area contributed by atoms with Crippen molar-refractivity contribution in [2.45, 2.75) is 26.2 Å². The summed E-state index contributed by atoms with van der Waals surface area (Å²) in [6.07, 6.45) is 1.06. The number of fused-ring (bicyclic) bond motifs is 1. The van der Waals surface area contributed by atoms with Crippen LogP contribution in [-0.2, 0) is 9.59 Å². The van der Waals surface area contributed by atoms with E-state index in [1.807, 2.05) is 6.92 Å². The molecule has 1 heterocycles. The molecule has 0 radical (unpaired) electrons. The zero-order valence-electron chi connectivity index (χ0n) is 12.7. The Labute approximate surface area is 132 Å². The van der Waals surface area contributed by atoms with Gasteiger partial charge in [-0.1, -0.05) is 6.92 Å². The average molecular weight is 318 g/mol. The van der Waals surface area contributed by atoms with E-state index in [2.05, 4.69) is 10.6 Å². The molecule has 2 amide bonds. The Hall–Kier alpha value is -2.83. The predicted octanol–water partition coefficient (Wildman–Crippen LogP) is 2.38. The molecular formula is C16H18N2O5. The summed E-state index contributed by atoms with van der Waals surface area (Å²) in [5.74, 6) is -1.74. The highest BCUT2D eigenvalue weighted by molar-refractivity contribution is 5.96. The molecule has 7 heteroatoms. The van der Waals surface area contributed by atoms with Crippen LogP contribution in [0.3, 0.4) is 0 Å². The van der Waals surface area contributed by atoms with Crippen LogP contribution in [0.1, 0.15) is 36.7 Å². The second-order valence-corrected chi connectivity index (χ2v) is 5.07. The number of benzene rings is 1. The molecule has 2 aromatic rings. The van der Waals surface area contributed by atoms with Crippen LogP contribution < -0.4 is 10.6 Å². The van der Waals surface area contributed by atoms with Crippen LogP contribution in [0.4, 0.5) is 5.69 Å². The summed E-state index contributed by atoms with van der Waals surface area (Å²) < 4.78 is 5.14. The van der Waals surface area contributed by atoms with Gasteiger partial charge in [-0.15, -0.1) is 0 Å². The Kier molecular flexibility index (Phi) is 5.35. The Morgan fingerprint density at radius 2 is 1.87 bits per heavy atom. The van der Waals surface area contributed by atoms with Crippen molar-refractivity contribution < 1.29 is 23.9 Å². The van der Waals surface area contributed by atoms with Gasteiger partial charge in [-0.3, -0.25) is 9.59 Å². The lowest BCUT2D eigenvalue weighted by Gasteiger charge is -2.06. The molecule has 1 aromatic carbocycles. The van der Waals surface area contributed by atoms with E-state index in [0.717, 1.165) is 6.42 Å². The van der Waals surface area contributed by atoms with Crippen molar-refractivity contribution in [2.75, 3.05) is 11.9 Å². The lowest BCUT2D eigenvalue weighted by molar-refractivity contribution is -0.124. The number of anilines is 1. The molecule has 0 atom stereocenters. The van der Waals surface area contributed by atoms with E-state index in [4.69, 9.17) is 9.52 Å². The van der Waals surface area contributed by atoms with E-state index in [1.165, 1.54) is 6.07 Å². The Bertz CT molecular complexity index is 735. The molecule has 2 rings (SSSR count). The van der Waals surface area contributed by atoms with Gasteiger partial charge in [0, 0.05) is 30.5 Å². The minimum absolute atomic E-state index is 0.0827. The van der Waals surface area contributed by atoms with Gasteiger partial charge in [0.15, 0.2) is 0 Å². The summed E-state index contributed by atoms with van der Waals surface area (Å²) in [7, 11) is 0. The first-order valence-electron chi connectivity index (χ1n) is 7.33. The molecule has 0 aliphatic heterocycles. The molecule has 7 nitrogen and oxygen atoms in total. The average Bonchev–Trinajstić information content (AvgIpc) is 2.94. The molecule has 0 aliphatic rings. The Balaban J connectivity index is 1.94. The van der Waals surface area contributed by atoms with E-state index in [-0.39, 0.29) is 30.4 Å².